The SMILES string of the molecule is CC(C)C1CC2(CN=C(N)N2c2ccccc2)C1. The summed E-state index contributed by atoms with van der Waals surface area (Å²) in [4.78, 5) is 6.74. The van der Waals surface area contributed by atoms with Gasteiger partial charge in [-0.1, -0.05) is 32.0 Å². The number of guanidine groups is 1. The molecule has 1 aromatic rings. The van der Waals surface area contributed by atoms with Crippen molar-refractivity contribution in [3.05, 3.63) is 30.3 Å². The molecule has 18 heavy (non-hydrogen) atoms. The van der Waals surface area contributed by atoms with Crippen LogP contribution in [0.1, 0.15) is 26.7 Å². The molecule has 0 bridgehead atoms. The first-order valence-corrected chi connectivity index (χ1v) is 6.78. The van der Waals surface area contributed by atoms with Crippen LogP contribution in [0.25, 0.3) is 0 Å². The second kappa shape index (κ2) is 4.01. The standard InChI is InChI=1S/C15H21N3/c1-11(2)12-8-15(9-12)10-17-14(16)18(15)13-6-4-3-5-7-13/h3-7,11-12H,8-10H2,1-2H3,(H2,16,17). The monoisotopic (exact) mass is 243 g/mol. The van der Waals surface area contributed by atoms with E-state index in [0.717, 1.165) is 18.4 Å². The Labute approximate surface area is 109 Å². The van der Waals surface area contributed by atoms with Gasteiger partial charge >= 0.3 is 0 Å². The summed E-state index contributed by atoms with van der Waals surface area (Å²) >= 11 is 0. The van der Waals surface area contributed by atoms with Crippen LogP contribution >= 0.6 is 0 Å². The van der Waals surface area contributed by atoms with E-state index >= 15 is 0 Å². The number of anilines is 1. The van der Waals surface area contributed by atoms with Gasteiger partial charge in [0.2, 0.25) is 0 Å². The first-order chi connectivity index (χ1) is 8.62. The summed E-state index contributed by atoms with van der Waals surface area (Å²) in [5, 5.41) is 0. The molecule has 0 amide bonds. The minimum absolute atomic E-state index is 0.167. The minimum Gasteiger partial charge on any atom is -0.369 e. The van der Waals surface area contributed by atoms with Gasteiger partial charge in [-0.25, -0.2) is 0 Å². The third-order valence-electron chi connectivity index (χ3n) is 4.48. The molecule has 1 spiro atoms. The molecule has 0 saturated heterocycles. The van der Waals surface area contributed by atoms with E-state index in [-0.39, 0.29) is 5.54 Å². The quantitative estimate of drug-likeness (QED) is 0.867. The summed E-state index contributed by atoms with van der Waals surface area (Å²) < 4.78 is 0. The lowest BCUT2D eigenvalue weighted by molar-refractivity contribution is 0.121. The predicted molar refractivity (Wildman–Crippen MR) is 75.7 cm³/mol. The van der Waals surface area contributed by atoms with Crippen LogP contribution < -0.4 is 10.6 Å². The number of nitrogens with two attached hydrogens (primary N) is 1. The average Bonchev–Trinajstić information content (AvgIpc) is 2.66. The van der Waals surface area contributed by atoms with Crippen LogP contribution in [0.4, 0.5) is 5.69 Å². The molecule has 0 atom stereocenters. The molecule has 1 saturated carbocycles. The number of rotatable bonds is 2. The molecule has 1 heterocycles. The van der Waals surface area contributed by atoms with E-state index in [0.29, 0.717) is 5.96 Å². The van der Waals surface area contributed by atoms with E-state index in [2.05, 4.69) is 48.0 Å². The highest BCUT2D eigenvalue weighted by molar-refractivity contribution is 5.98. The second-order valence-corrected chi connectivity index (χ2v) is 5.98. The molecule has 3 heteroatoms. The summed E-state index contributed by atoms with van der Waals surface area (Å²) in [6.45, 7) is 5.48. The lowest BCUT2D eigenvalue weighted by Gasteiger charge is -2.52. The van der Waals surface area contributed by atoms with Gasteiger partial charge in [-0.05, 0) is 36.8 Å². The van der Waals surface area contributed by atoms with Crippen molar-refractivity contribution in [2.45, 2.75) is 32.2 Å². The van der Waals surface area contributed by atoms with Gasteiger partial charge in [0.05, 0.1) is 12.1 Å². The van der Waals surface area contributed by atoms with Gasteiger partial charge in [0.25, 0.3) is 0 Å². The number of hydrogen-bond acceptors (Lipinski definition) is 3. The molecule has 1 aliphatic heterocycles. The summed E-state index contributed by atoms with van der Waals surface area (Å²) in [5.41, 5.74) is 7.44. The van der Waals surface area contributed by atoms with E-state index in [4.69, 9.17) is 5.73 Å². The largest absolute Gasteiger partial charge is 0.369 e. The summed E-state index contributed by atoms with van der Waals surface area (Å²) in [6.07, 6.45) is 2.42. The molecular formula is C15H21N3. The van der Waals surface area contributed by atoms with Crippen molar-refractivity contribution >= 4 is 11.6 Å². The van der Waals surface area contributed by atoms with Crippen LogP contribution in [-0.2, 0) is 0 Å². The third kappa shape index (κ3) is 1.61. The van der Waals surface area contributed by atoms with Crippen LogP contribution in [-0.4, -0.2) is 18.0 Å². The maximum absolute atomic E-state index is 6.09. The zero-order valence-corrected chi connectivity index (χ0v) is 11.1. The zero-order valence-electron chi connectivity index (χ0n) is 11.1. The molecule has 1 fully saturated rings. The van der Waals surface area contributed by atoms with Crippen molar-refractivity contribution < 1.29 is 0 Å². The van der Waals surface area contributed by atoms with E-state index in [9.17, 15) is 0 Å². The molecule has 3 nitrogen and oxygen atoms in total. The Kier molecular flexibility index (Phi) is 2.58. The molecule has 0 radical (unpaired) electrons. The van der Waals surface area contributed by atoms with Gasteiger partial charge in [0, 0.05) is 5.69 Å². The van der Waals surface area contributed by atoms with E-state index in [1.165, 1.54) is 18.5 Å². The minimum atomic E-state index is 0.167. The topological polar surface area (TPSA) is 41.6 Å². The molecule has 0 aromatic heterocycles. The van der Waals surface area contributed by atoms with E-state index < -0.39 is 0 Å². The van der Waals surface area contributed by atoms with Gasteiger partial charge in [0.1, 0.15) is 0 Å². The van der Waals surface area contributed by atoms with Crippen molar-refractivity contribution in [1.82, 2.24) is 0 Å². The van der Waals surface area contributed by atoms with E-state index in [1.54, 1.807) is 0 Å². The van der Waals surface area contributed by atoms with Gasteiger partial charge < -0.3 is 10.6 Å². The fourth-order valence-electron chi connectivity index (χ4n) is 3.30. The first kappa shape index (κ1) is 11.6. The number of nitrogens with zero attached hydrogens (tertiary/aromatic N) is 2. The van der Waals surface area contributed by atoms with Gasteiger partial charge in [0.15, 0.2) is 5.96 Å². The van der Waals surface area contributed by atoms with E-state index in [1.807, 2.05) is 6.07 Å². The fraction of sp³-hybridized carbons (Fsp3) is 0.533. The maximum atomic E-state index is 6.09. The average molecular weight is 243 g/mol. The molecule has 2 aliphatic rings. The first-order valence-electron chi connectivity index (χ1n) is 6.78. The Morgan fingerprint density at radius 1 is 1.28 bits per heavy atom. The van der Waals surface area contributed by atoms with Gasteiger partial charge in [-0.2, -0.15) is 0 Å². The second-order valence-electron chi connectivity index (χ2n) is 5.98. The molecule has 3 rings (SSSR count). The highest BCUT2D eigenvalue weighted by Crippen LogP contribution is 2.49. The molecule has 1 aromatic carbocycles. The lowest BCUT2D eigenvalue weighted by Crippen LogP contribution is -2.60. The Balaban J connectivity index is 1.86. The third-order valence-corrected chi connectivity index (χ3v) is 4.48. The molecule has 96 valence electrons. The lowest BCUT2D eigenvalue weighted by atomic mass is 9.63. The Morgan fingerprint density at radius 3 is 2.56 bits per heavy atom. The number of benzene rings is 1. The van der Waals surface area contributed by atoms with Crippen LogP contribution in [0.15, 0.2) is 35.3 Å². The number of para-hydroxylation sites is 1. The molecule has 0 unspecified atom stereocenters. The smallest absolute Gasteiger partial charge is 0.196 e. The van der Waals surface area contributed by atoms with Gasteiger partial charge in [-0.15, -0.1) is 0 Å². The molecule has 1 aliphatic carbocycles. The highest BCUT2D eigenvalue weighted by atomic mass is 15.4. The Hall–Kier alpha value is -1.51. The normalized spacial score (nSPS) is 30.7. The number of aliphatic imine (C=N–C) groups is 1. The predicted octanol–water partition coefficient (Wildman–Crippen LogP) is 2.63. The van der Waals surface area contributed by atoms with Crippen molar-refractivity contribution in [2.75, 3.05) is 11.4 Å². The van der Waals surface area contributed by atoms with Crippen molar-refractivity contribution in [3.63, 3.8) is 0 Å². The summed E-state index contributed by atoms with van der Waals surface area (Å²) in [6, 6.07) is 10.4. The van der Waals surface area contributed by atoms with Crippen LogP contribution in [0.2, 0.25) is 0 Å². The summed E-state index contributed by atoms with van der Waals surface area (Å²) in [5.74, 6) is 2.26. The highest BCUT2D eigenvalue weighted by Gasteiger charge is 2.53. The number of hydrogen-bond donors (Lipinski definition) is 1. The van der Waals surface area contributed by atoms with Crippen LogP contribution in [0.5, 0.6) is 0 Å². The zero-order chi connectivity index (χ0) is 12.8. The molecular weight excluding hydrogens is 222 g/mol. The van der Waals surface area contributed by atoms with Crippen LogP contribution in [0.3, 0.4) is 0 Å². The Morgan fingerprint density at radius 2 is 1.94 bits per heavy atom. The fourth-order valence-corrected chi connectivity index (χ4v) is 3.30. The van der Waals surface area contributed by atoms with Crippen molar-refractivity contribution in [1.29, 1.82) is 0 Å². The van der Waals surface area contributed by atoms with Crippen molar-refractivity contribution in [2.24, 2.45) is 22.6 Å². The Bertz CT molecular complexity index is 458. The maximum Gasteiger partial charge on any atom is 0.196 e. The molecule has 2 N–H and O–H groups in total. The van der Waals surface area contributed by atoms with Crippen LogP contribution in [0, 0.1) is 11.8 Å². The summed E-state index contributed by atoms with van der Waals surface area (Å²) in [7, 11) is 0. The van der Waals surface area contributed by atoms with Crippen molar-refractivity contribution in [3.8, 4) is 0 Å². The van der Waals surface area contributed by atoms with Gasteiger partial charge in [-0.3, -0.25) is 4.99 Å².